The number of amides is 3. The molecule has 2 aliphatic heterocycles. The van der Waals surface area contributed by atoms with Gasteiger partial charge in [-0.1, -0.05) is 6.42 Å². The highest BCUT2D eigenvalue weighted by Gasteiger charge is 2.42. The van der Waals surface area contributed by atoms with E-state index in [1.165, 1.54) is 0 Å². The van der Waals surface area contributed by atoms with Gasteiger partial charge in [-0.05, 0) is 12.8 Å². The first-order chi connectivity index (χ1) is 32.8. The van der Waals surface area contributed by atoms with Crippen LogP contribution in [0.3, 0.4) is 0 Å². The molecule has 3 amide bonds. The Kier molecular flexibility index (Phi) is 33.8. The molecule has 0 spiro atoms. The number of carbonyl (C=O) groups is 3. The fraction of sp³-hybridized carbons (Fsp3) is 0.791. The molecular weight excluding hydrogens is 923 g/mol. The van der Waals surface area contributed by atoms with Gasteiger partial charge in [0, 0.05) is 30.0 Å². The number of urea groups is 1. The number of nitrogens with one attached hydrogen (secondary N) is 3. The van der Waals surface area contributed by atoms with Crippen LogP contribution in [0.2, 0.25) is 0 Å². The zero-order chi connectivity index (χ0) is 48.0. The second kappa shape index (κ2) is 38.8. The Bertz CT molecular complexity index is 1460. The summed E-state index contributed by atoms with van der Waals surface area (Å²) in [5.41, 5.74) is 0. The van der Waals surface area contributed by atoms with E-state index in [0.29, 0.717) is 157 Å². The van der Waals surface area contributed by atoms with Crippen LogP contribution < -0.4 is 20.7 Å². The van der Waals surface area contributed by atoms with Crippen LogP contribution in [0.15, 0.2) is 6.07 Å². The normalized spacial score (nSPS) is 16.6. The molecule has 1 aromatic rings. The minimum atomic E-state index is -1.80. The lowest BCUT2D eigenvalue weighted by Crippen LogP contribution is -2.36. The summed E-state index contributed by atoms with van der Waals surface area (Å²) in [7, 11) is 0. The lowest BCUT2D eigenvalue weighted by atomic mass is 10.0. The molecule has 0 radical (unpaired) electrons. The highest BCUT2D eigenvalue weighted by molar-refractivity contribution is 8.00. The number of ether oxygens (including phenoxy) is 13. The minimum Gasteiger partial charge on any atom is -0.420 e. The van der Waals surface area contributed by atoms with Gasteiger partial charge in [-0.15, -0.1) is 0 Å². The van der Waals surface area contributed by atoms with Crippen molar-refractivity contribution < 1.29 is 93.5 Å². The maximum absolute atomic E-state index is 13.6. The molecule has 24 heteroatoms. The third-order valence-corrected chi connectivity index (χ3v) is 11.0. The first-order valence-electron chi connectivity index (χ1n) is 22.7. The van der Waals surface area contributed by atoms with Crippen molar-refractivity contribution in [3.8, 4) is 5.75 Å². The van der Waals surface area contributed by atoms with E-state index >= 15 is 0 Å². The quantitative estimate of drug-likeness (QED) is 0.0214. The predicted octanol–water partition coefficient (Wildman–Crippen LogP) is 2.58. The molecule has 19 nitrogen and oxygen atoms in total. The molecule has 3 rings (SSSR count). The molecule has 67 heavy (non-hydrogen) atoms. The fourth-order valence-corrected chi connectivity index (χ4v) is 7.65. The zero-order valence-corrected chi connectivity index (χ0v) is 39.0. The number of esters is 1. The molecule has 3 N–H and O–H groups in total. The Hall–Kier alpha value is -2.98. The van der Waals surface area contributed by atoms with Crippen molar-refractivity contribution in [2.45, 2.75) is 49.4 Å². The van der Waals surface area contributed by atoms with Gasteiger partial charge < -0.3 is 77.5 Å². The zero-order valence-electron chi connectivity index (χ0n) is 38.2. The van der Waals surface area contributed by atoms with E-state index < -0.39 is 41.4 Å². The third-order valence-electron chi connectivity index (χ3n) is 9.48. The van der Waals surface area contributed by atoms with Gasteiger partial charge in [0.1, 0.15) is 0 Å². The van der Waals surface area contributed by atoms with Crippen LogP contribution in [0.5, 0.6) is 5.75 Å². The van der Waals surface area contributed by atoms with Gasteiger partial charge in [0.25, 0.3) is 0 Å². The maximum Gasteiger partial charge on any atom is 0.315 e. The lowest BCUT2D eigenvalue weighted by Gasteiger charge is -2.16. The molecule has 0 aliphatic carbocycles. The third kappa shape index (κ3) is 28.3. The molecule has 0 aromatic heterocycles. The van der Waals surface area contributed by atoms with Crippen molar-refractivity contribution >= 4 is 29.7 Å². The Labute approximate surface area is 393 Å². The summed E-state index contributed by atoms with van der Waals surface area (Å²) >= 11 is 1.89. The SMILES string of the molecule is O=C(CCCC[C@@H]1SC[C@@H]2NC(=O)N[C@@H]21)NCCOCCOCCOCCOCCOCCOCCOCCOCCOCCOCCOCCOCCC(=O)Oc1c(F)c(F)cc(F)c1F. The van der Waals surface area contributed by atoms with Crippen LogP contribution in [0.25, 0.3) is 0 Å². The molecule has 0 saturated carbocycles. The van der Waals surface area contributed by atoms with Gasteiger partial charge in [-0.2, -0.15) is 20.5 Å². The molecule has 1 aromatic carbocycles. The van der Waals surface area contributed by atoms with Crippen molar-refractivity contribution in [1.29, 1.82) is 0 Å². The van der Waals surface area contributed by atoms with E-state index in [9.17, 15) is 31.9 Å². The summed E-state index contributed by atoms with van der Waals surface area (Å²) in [5.74, 6) is -8.53. The average molecular weight is 992 g/mol. The van der Waals surface area contributed by atoms with E-state index in [2.05, 4.69) is 20.7 Å². The van der Waals surface area contributed by atoms with Crippen molar-refractivity contribution in [1.82, 2.24) is 16.0 Å². The molecule has 2 fully saturated rings. The van der Waals surface area contributed by atoms with E-state index in [-0.39, 0.29) is 49.9 Å². The number of hydrogen-bond donors (Lipinski definition) is 3. The van der Waals surface area contributed by atoms with Crippen molar-refractivity contribution in [3.05, 3.63) is 29.3 Å². The highest BCUT2D eigenvalue weighted by atomic mass is 32.2. The molecule has 2 saturated heterocycles. The van der Waals surface area contributed by atoms with Gasteiger partial charge in [0.15, 0.2) is 11.6 Å². The highest BCUT2D eigenvalue weighted by Crippen LogP contribution is 2.33. The van der Waals surface area contributed by atoms with Crippen LogP contribution in [0.4, 0.5) is 22.4 Å². The standard InChI is InChI=1S/C43H69F4N3O16S/c44-33-31-34(45)40(47)42(39(33)46)66-38(52)5-7-54-9-11-56-13-15-58-17-19-60-21-23-62-25-27-64-29-30-65-28-26-63-24-22-61-20-18-59-16-14-57-12-10-55-8-6-48-37(51)4-2-1-3-36-41-35(32-67-36)49-43(53)50-41/h31,35-36,41H,1-30,32H2,(H,48,51)(H2,49,50,53)/t35-,36-,41-/m0/s1. The van der Waals surface area contributed by atoms with Crippen LogP contribution in [-0.4, -0.2) is 206 Å². The molecule has 2 aliphatic rings. The largest absolute Gasteiger partial charge is 0.420 e. The monoisotopic (exact) mass is 991 g/mol. The van der Waals surface area contributed by atoms with Gasteiger partial charge in [-0.3, -0.25) is 9.59 Å². The molecule has 0 bridgehead atoms. The topological polar surface area (TPSA) is 207 Å². The molecule has 0 unspecified atom stereocenters. The predicted molar refractivity (Wildman–Crippen MR) is 233 cm³/mol. The van der Waals surface area contributed by atoms with E-state index in [4.69, 9.17) is 56.8 Å². The molecule has 2 heterocycles. The fourth-order valence-electron chi connectivity index (χ4n) is 6.11. The van der Waals surface area contributed by atoms with Gasteiger partial charge in [0.2, 0.25) is 23.3 Å². The number of fused-ring (bicyclic) bond motifs is 1. The minimum absolute atomic E-state index is 0.0161. The summed E-state index contributed by atoms with van der Waals surface area (Å²) in [6.45, 7) is 9.49. The van der Waals surface area contributed by atoms with Crippen LogP contribution in [0, 0.1) is 23.3 Å². The Morgan fingerprint density at radius 1 is 0.537 bits per heavy atom. The smallest absolute Gasteiger partial charge is 0.315 e. The first-order valence-corrected chi connectivity index (χ1v) is 23.7. The number of thioether (sulfide) groups is 1. The summed E-state index contributed by atoms with van der Waals surface area (Å²) < 4.78 is 123. The first kappa shape index (κ1) is 58.3. The summed E-state index contributed by atoms with van der Waals surface area (Å²) in [5, 5.41) is 9.25. The van der Waals surface area contributed by atoms with Crippen LogP contribution >= 0.6 is 11.8 Å². The van der Waals surface area contributed by atoms with Crippen molar-refractivity contribution in [3.63, 3.8) is 0 Å². The number of unbranched alkanes of at least 4 members (excludes halogenated alkanes) is 1. The number of rotatable bonds is 45. The van der Waals surface area contributed by atoms with Gasteiger partial charge >= 0.3 is 12.0 Å². The van der Waals surface area contributed by atoms with E-state index in [0.717, 1.165) is 25.0 Å². The van der Waals surface area contributed by atoms with Gasteiger partial charge in [-0.25, -0.2) is 13.6 Å². The van der Waals surface area contributed by atoms with Crippen LogP contribution in [0.1, 0.15) is 32.1 Å². The summed E-state index contributed by atoms with van der Waals surface area (Å²) in [6.07, 6.45) is 2.88. The number of hydrogen-bond acceptors (Lipinski definition) is 17. The Morgan fingerprint density at radius 2 is 0.925 bits per heavy atom. The Morgan fingerprint density at radius 3 is 1.34 bits per heavy atom. The number of halogens is 4. The lowest BCUT2D eigenvalue weighted by molar-refractivity contribution is -0.136. The molecule has 3 atom stereocenters. The number of carbonyl (C=O) groups excluding carboxylic acids is 3. The van der Waals surface area contributed by atoms with E-state index in [1.54, 1.807) is 0 Å². The Balaban J connectivity index is 0.896. The molecule has 386 valence electrons. The number of benzene rings is 1. The van der Waals surface area contributed by atoms with Crippen LogP contribution in [-0.2, 0) is 66.4 Å². The van der Waals surface area contributed by atoms with E-state index in [1.807, 2.05) is 11.8 Å². The summed E-state index contributed by atoms with van der Waals surface area (Å²) in [4.78, 5) is 35.2. The second-order valence-electron chi connectivity index (χ2n) is 14.6. The molecular formula is C43H69F4N3O16S. The average Bonchev–Trinajstić information content (AvgIpc) is 3.88. The summed E-state index contributed by atoms with van der Waals surface area (Å²) in [6, 6.07) is 0.384. The van der Waals surface area contributed by atoms with Crippen molar-refractivity contribution in [2.75, 3.05) is 171 Å². The van der Waals surface area contributed by atoms with Gasteiger partial charge in [0.05, 0.1) is 177 Å². The maximum atomic E-state index is 13.6. The van der Waals surface area contributed by atoms with Crippen molar-refractivity contribution in [2.24, 2.45) is 0 Å². The second-order valence-corrected chi connectivity index (χ2v) is 15.9.